The minimum absolute atomic E-state index is 0.106. The van der Waals surface area contributed by atoms with Gasteiger partial charge in [0, 0.05) is 6.61 Å². The van der Waals surface area contributed by atoms with Crippen LogP contribution >= 0.6 is 0 Å². The largest absolute Gasteiger partial charge is 0.459 e. The first-order valence-corrected chi connectivity index (χ1v) is 5.43. The molecule has 0 aliphatic carbocycles. The molecule has 88 valence electrons. The molecule has 1 aliphatic rings. The van der Waals surface area contributed by atoms with Crippen molar-refractivity contribution in [1.82, 2.24) is 10.2 Å². The molecule has 0 saturated carbocycles. The minimum Gasteiger partial charge on any atom is -0.459 e. The summed E-state index contributed by atoms with van der Waals surface area (Å²) < 4.78 is 15.4. The van der Waals surface area contributed by atoms with E-state index in [9.17, 15) is 4.79 Å². The number of esters is 1. The molecule has 1 atom stereocenters. The van der Waals surface area contributed by atoms with Crippen molar-refractivity contribution in [2.75, 3.05) is 13.2 Å². The molecule has 6 heteroatoms. The normalized spacial score (nSPS) is 20.7. The van der Waals surface area contributed by atoms with E-state index in [1.165, 1.54) is 0 Å². The molecule has 1 fully saturated rings. The van der Waals surface area contributed by atoms with Gasteiger partial charge in [0.2, 0.25) is 5.89 Å². The van der Waals surface area contributed by atoms with Crippen molar-refractivity contribution in [3.63, 3.8) is 0 Å². The Morgan fingerprint density at radius 3 is 3.06 bits per heavy atom. The lowest BCUT2D eigenvalue weighted by Crippen LogP contribution is -2.11. The fraction of sp³-hybridized carbons (Fsp3) is 0.700. The number of carbonyl (C=O) groups excluding carboxylic acids is 1. The molecule has 2 heterocycles. The van der Waals surface area contributed by atoms with Crippen molar-refractivity contribution in [1.29, 1.82) is 0 Å². The standard InChI is InChI=1S/C10H14N2O4/c1-2-14-10(13)9-12-11-8(16-9)7-5-3-4-6-15-7/h7H,2-6H2,1H3. The van der Waals surface area contributed by atoms with E-state index in [1.807, 2.05) is 0 Å². The van der Waals surface area contributed by atoms with Crippen LogP contribution in [-0.2, 0) is 9.47 Å². The average molecular weight is 226 g/mol. The molecule has 1 aliphatic heterocycles. The first kappa shape index (κ1) is 11.1. The van der Waals surface area contributed by atoms with Crippen LogP contribution in [0.25, 0.3) is 0 Å². The Morgan fingerprint density at radius 2 is 2.38 bits per heavy atom. The van der Waals surface area contributed by atoms with E-state index in [1.54, 1.807) is 6.92 Å². The summed E-state index contributed by atoms with van der Waals surface area (Å²) >= 11 is 0. The highest BCUT2D eigenvalue weighted by Gasteiger charge is 2.24. The molecule has 16 heavy (non-hydrogen) atoms. The van der Waals surface area contributed by atoms with E-state index in [0.717, 1.165) is 19.3 Å². The molecule has 2 rings (SSSR count). The average Bonchev–Trinajstić information content (AvgIpc) is 2.80. The highest BCUT2D eigenvalue weighted by Crippen LogP contribution is 2.26. The molecule has 0 amide bonds. The Bertz CT molecular complexity index is 357. The number of hydrogen-bond acceptors (Lipinski definition) is 6. The third kappa shape index (κ3) is 2.38. The molecule has 1 aromatic rings. The summed E-state index contributed by atoms with van der Waals surface area (Å²) in [7, 11) is 0. The van der Waals surface area contributed by atoms with Gasteiger partial charge in [-0.25, -0.2) is 4.79 Å². The molecule has 0 radical (unpaired) electrons. The van der Waals surface area contributed by atoms with Crippen LogP contribution in [0.3, 0.4) is 0 Å². The molecular formula is C10H14N2O4. The molecule has 1 aromatic heterocycles. The van der Waals surface area contributed by atoms with E-state index in [4.69, 9.17) is 13.9 Å². The summed E-state index contributed by atoms with van der Waals surface area (Å²) in [6.45, 7) is 2.71. The molecule has 1 unspecified atom stereocenters. The topological polar surface area (TPSA) is 74.5 Å². The van der Waals surface area contributed by atoms with Crippen molar-refractivity contribution in [2.24, 2.45) is 0 Å². The van der Waals surface area contributed by atoms with Gasteiger partial charge in [0.1, 0.15) is 6.10 Å². The number of rotatable bonds is 3. The van der Waals surface area contributed by atoms with Gasteiger partial charge >= 0.3 is 11.9 Å². The van der Waals surface area contributed by atoms with E-state index in [2.05, 4.69) is 10.2 Å². The Kier molecular flexibility index (Phi) is 3.51. The van der Waals surface area contributed by atoms with Crippen LogP contribution in [0.5, 0.6) is 0 Å². The number of carbonyl (C=O) groups is 1. The highest BCUT2D eigenvalue weighted by atomic mass is 16.6. The Labute approximate surface area is 92.9 Å². The minimum atomic E-state index is -0.586. The predicted octanol–water partition coefficient (Wildman–Crippen LogP) is 1.49. The maximum atomic E-state index is 11.3. The van der Waals surface area contributed by atoms with Crippen LogP contribution in [0.15, 0.2) is 4.42 Å². The zero-order valence-corrected chi connectivity index (χ0v) is 9.14. The van der Waals surface area contributed by atoms with Crippen molar-refractivity contribution < 1.29 is 18.7 Å². The van der Waals surface area contributed by atoms with Gasteiger partial charge in [0.15, 0.2) is 0 Å². The van der Waals surface area contributed by atoms with E-state index >= 15 is 0 Å². The number of nitrogens with zero attached hydrogens (tertiary/aromatic N) is 2. The van der Waals surface area contributed by atoms with Crippen LogP contribution in [0.2, 0.25) is 0 Å². The van der Waals surface area contributed by atoms with Gasteiger partial charge in [0.05, 0.1) is 6.61 Å². The van der Waals surface area contributed by atoms with Gasteiger partial charge < -0.3 is 13.9 Å². The summed E-state index contributed by atoms with van der Waals surface area (Å²) in [4.78, 5) is 11.3. The lowest BCUT2D eigenvalue weighted by Gasteiger charge is -2.18. The van der Waals surface area contributed by atoms with Gasteiger partial charge in [-0.1, -0.05) is 0 Å². The summed E-state index contributed by atoms with van der Waals surface area (Å²) in [5, 5.41) is 7.44. The van der Waals surface area contributed by atoms with Crippen molar-refractivity contribution in [2.45, 2.75) is 32.3 Å². The second-order valence-corrected chi connectivity index (χ2v) is 3.52. The first-order chi connectivity index (χ1) is 7.81. The Morgan fingerprint density at radius 1 is 1.50 bits per heavy atom. The van der Waals surface area contributed by atoms with Crippen LogP contribution in [-0.4, -0.2) is 29.4 Å². The van der Waals surface area contributed by atoms with E-state index in [-0.39, 0.29) is 18.6 Å². The molecular weight excluding hydrogens is 212 g/mol. The first-order valence-electron chi connectivity index (χ1n) is 5.43. The van der Waals surface area contributed by atoms with Crippen molar-refractivity contribution in [3.8, 4) is 0 Å². The SMILES string of the molecule is CCOC(=O)c1nnc(C2CCCCO2)o1. The smallest absolute Gasteiger partial charge is 0.396 e. The molecule has 0 spiro atoms. The highest BCUT2D eigenvalue weighted by molar-refractivity contribution is 5.83. The molecule has 1 saturated heterocycles. The number of ether oxygens (including phenoxy) is 2. The zero-order chi connectivity index (χ0) is 11.4. The lowest BCUT2D eigenvalue weighted by molar-refractivity contribution is -0.00265. The number of hydrogen-bond donors (Lipinski definition) is 0. The summed E-state index contributed by atoms with van der Waals surface area (Å²) in [6, 6.07) is 0. The van der Waals surface area contributed by atoms with E-state index < -0.39 is 5.97 Å². The van der Waals surface area contributed by atoms with Crippen LogP contribution in [0.1, 0.15) is 48.9 Å². The molecule has 0 N–H and O–H groups in total. The van der Waals surface area contributed by atoms with Gasteiger partial charge in [-0.05, 0) is 26.2 Å². The molecule has 6 nitrogen and oxygen atoms in total. The Balaban J connectivity index is 2.03. The zero-order valence-electron chi connectivity index (χ0n) is 9.14. The van der Waals surface area contributed by atoms with Gasteiger partial charge in [0.25, 0.3) is 0 Å². The third-order valence-electron chi connectivity index (χ3n) is 2.35. The summed E-state index contributed by atoms with van der Waals surface area (Å²) in [5.74, 6) is -0.328. The fourth-order valence-corrected chi connectivity index (χ4v) is 1.58. The van der Waals surface area contributed by atoms with Crippen molar-refractivity contribution >= 4 is 5.97 Å². The third-order valence-corrected chi connectivity index (χ3v) is 2.35. The van der Waals surface area contributed by atoms with Gasteiger partial charge in [-0.2, -0.15) is 0 Å². The molecule has 0 bridgehead atoms. The van der Waals surface area contributed by atoms with Crippen LogP contribution < -0.4 is 0 Å². The molecule has 0 aromatic carbocycles. The predicted molar refractivity (Wildman–Crippen MR) is 52.8 cm³/mol. The summed E-state index contributed by atoms with van der Waals surface area (Å²) in [6.07, 6.45) is 2.80. The second kappa shape index (κ2) is 5.07. The van der Waals surface area contributed by atoms with Crippen LogP contribution in [0.4, 0.5) is 0 Å². The Hall–Kier alpha value is -1.43. The van der Waals surface area contributed by atoms with Crippen LogP contribution in [0, 0.1) is 0 Å². The fourth-order valence-electron chi connectivity index (χ4n) is 1.58. The van der Waals surface area contributed by atoms with Gasteiger partial charge in [-0.15, -0.1) is 10.2 Å². The van der Waals surface area contributed by atoms with Gasteiger partial charge in [-0.3, -0.25) is 0 Å². The van der Waals surface area contributed by atoms with Crippen molar-refractivity contribution in [3.05, 3.63) is 11.8 Å². The lowest BCUT2D eigenvalue weighted by atomic mass is 10.1. The summed E-state index contributed by atoms with van der Waals surface area (Å²) in [5.41, 5.74) is 0. The maximum absolute atomic E-state index is 11.3. The maximum Gasteiger partial charge on any atom is 0.396 e. The second-order valence-electron chi connectivity index (χ2n) is 3.52. The monoisotopic (exact) mass is 226 g/mol. The van der Waals surface area contributed by atoms with E-state index in [0.29, 0.717) is 12.5 Å². The number of aromatic nitrogens is 2. The quantitative estimate of drug-likeness (QED) is 0.727.